The van der Waals surface area contributed by atoms with E-state index in [0.717, 1.165) is 4.57 Å². The summed E-state index contributed by atoms with van der Waals surface area (Å²) in [5.74, 6) is 0.450. The van der Waals surface area contributed by atoms with Crippen molar-refractivity contribution < 1.29 is 19.7 Å². The second kappa shape index (κ2) is 9.88. The average molecular weight is 460 g/mol. The number of benzene rings is 1. The number of imidazole rings is 1. The molecule has 1 atom stereocenters. The number of hydrogen-bond donors (Lipinski definition) is 3. The zero-order valence-electron chi connectivity index (χ0n) is 19.1. The number of fused-ring (bicyclic) bond motifs is 1. The van der Waals surface area contributed by atoms with Crippen LogP contribution < -0.4 is 21.4 Å². The third-order valence-electron chi connectivity index (χ3n) is 4.95. The number of aryl methyl sites for hydroxylation is 1. The topological polar surface area (TPSA) is 145 Å². The number of aliphatic hydroxyl groups excluding tert-OH is 1. The Bertz CT molecular complexity index is 1290. The van der Waals surface area contributed by atoms with Crippen LogP contribution in [0, 0.1) is 0 Å². The number of hydrogen-bond acceptors (Lipinski definition) is 9. The number of rotatable bonds is 9. The molecule has 12 nitrogen and oxygen atoms in total. The number of methoxy groups -OCH3 is 1. The van der Waals surface area contributed by atoms with Crippen LogP contribution in [-0.4, -0.2) is 61.0 Å². The van der Waals surface area contributed by atoms with Crippen LogP contribution in [0.3, 0.4) is 0 Å². The van der Waals surface area contributed by atoms with Crippen molar-refractivity contribution in [3.63, 3.8) is 0 Å². The van der Waals surface area contributed by atoms with Gasteiger partial charge in [0.05, 0.1) is 38.7 Å². The fraction of sp³-hybridized carbons (Fsp3) is 0.429. The summed E-state index contributed by atoms with van der Waals surface area (Å²) in [7, 11) is 4.33. The standard InChI is InChI=1S/C21H28N6O6/c1-12(2)33-11-14(28)10-27-17-18(25(3)21(31)26(4)19(17)30)23-20(27)24-22-9-13-6-7-15(29)16(8-13)32-5/h6-9,12,14,28-29H,10-11H2,1-5H3,(H,23,24)/b22-9+. The Morgan fingerprint density at radius 2 is 1.97 bits per heavy atom. The maximum Gasteiger partial charge on any atom is 0.332 e. The van der Waals surface area contributed by atoms with E-state index in [2.05, 4.69) is 15.5 Å². The van der Waals surface area contributed by atoms with Crippen molar-refractivity contribution >= 4 is 23.3 Å². The summed E-state index contributed by atoms with van der Waals surface area (Å²) in [6.45, 7) is 3.75. The van der Waals surface area contributed by atoms with Gasteiger partial charge in [0.25, 0.3) is 5.56 Å². The normalized spacial score (nSPS) is 12.7. The molecule has 1 unspecified atom stereocenters. The molecule has 0 amide bonds. The van der Waals surface area contributed by atoms with Crippen LogP contribution in [0.15, 0.2) is 32.9 Å². The molecule has 1 aromatic carbocycles. The zero-order chi connectivity index (χ0) is 24.3. The van der Waals surface area contributed by atoms with E-state index in [0.29, 0.717) is 5.56 Å². The van der Waals surface area contributed by atoms with E-state index in [-0.39, 0.29) is 47.9 Å². The Balaban J connectivity index is 2.01. The molecule has 0 aliphatic heterocycles. The molecule has 0 aliphatic carbocycles. The van der Waals surface area contributed by atoms with Gasteiger partial charge in [0.15, 0.2) is 22.7 Å². The highest BCUT2D eigenvalue weighted by atomic mass is 16.5. The fourth-order valence-corrected chi connectivity index (χ4v) is 3.22. The number of aromatic hydroxyl groups is 1. The lowest BCUT2D eigenvalue weighted by atomic mass is 10.2. The summed E-state index contributed by atoms with van der Waals surface area (Å²) >= 11 is 0. The number of phenolic OH excluding ortho intramolecular Hbond substituents is 1. The first-order valence-electron chi connectivity index (χ1n) is 10.3. The molecule has 3 N–H and O–H groups in total. The second-order valence-electron chi connectivity index (χ2n) is 7.76. The third-order valence-corrected chi connectivity index (χ3v) is 4.95. The molecular formula is C21H28N6O6. The quantitative estimate of drug-likeness (QED) is 0.307. The highest BCUT2D eigenvalue weighted by Crippen LogP contribution is 2.25. The van der Waals surface area contributed by atoms with Crippen LogP contribution in [0.4, 0.5) is 5.95 Å². The first-order chi connectivity index (χ1) is 15.6. The van der Waals surface area contributed by atoms with Crippen LogP contribution in [0.5, 0.6) is 11.5 Å². The van der Waals surface area contributed by atoms with E-state index in [1.165, 1.54) is 42.6 Å². The van der Waals surface area contributed by atoms with Gasteiger partial charge in [-0.25, -0.2) is 10.2 Å². The number of phenols is 1. The van der Waals surface area contributed by atoms with Crippen molar-refractivity contribution in [2.45, 2.75) is 32.6 Å². The molecular weight excluding hydrogens is 432 g/mol. The Morgan fingerprint density at radius 3 is 2.64 bits per heavy atom. The Hall–Kier alpha value is -3.64. The van der Waals surface area contributed by atoms with Crippen molar-refractivity contribution in [3.05, 3.63) is 44.6 Å². The summed E-state index contributed by atoms with van der Waals surface area (Å²) in [4.78, 5) is 29.6. The molecule has 0 bridgehead atoms. The van der Waals surface area contributed by atoms with E-state index < -0.39 is 17.4 Å². The molecule has 0 fully saturated rings. The van der Waals surface area contributed by atoms with Crippen molar-refractivity contribution in [3.8, 4) is 11.5 Å². The van der Waals surface area contributed by atoms with E-state index in [1.54, 1.807) is 12.1 Å². The SMILES string of the molecule is COc1cc(/C=N/Nc2nc3c(c(=O)n(C)c(=O)n3C)n2CC(O)COC(C)C)ccc1O. The smallest absolute Gasteiger partial charge is 0.332 e. The van der Waals surface area contributed by atoms with Gasteiger partial charge in [0.2, 0.25) is 5.95 Å². The predicted molar refractivity (Wildman–Crippen MR) is 123 cm³/mol. The lowest BCUT2D eigenvalue weighted by molar-refractivity contribution is -0.000109. The van der Waals surface area contributed by atoms with Crippen LogP contribution >= 0.6 is 0 Å². The second-order valence-corrected chi connectivity index (χ2v) is 7.76. The van der Waals surface area contributed by atoms with Gasteiger partial charge in [0, 0.05) is 14.1 Å². The number of ether oxygens (including phenoxy) is 2. The first-order valence-corrected chi connectivity index (χ1v) is 10.3. The Morgan fingerprint density at radius 1 is 1.24 bits per heavy atom. The van der Waals surface area contributed by atoms with E-state index >= 15 is 0 Å². The third kappa shape index (κ3) is 5.07. The summed E-state index contributed by atoms with van der Waals surface area (Å²) in [5, 5.41) is 24.3. The zero-order valence-corrected chi connectivity index (χ0v) is 19.1. The van der Waals surface area contributed by atoms with Crippen molar-refractivity contribution in [2.24, 2.45) is 19.2 Å². The number of hydrazone groups is 1. The number of aliphatic hydroxyl groups is 1. The summed E-state index contributed by atoms with van der Waals surface area (Å²) in [5.41, 5.74) is 2.64. The predicted octanol–water partition coefficient (Wildman–Crippen LogP) is 0.380. The van der Waals surface area contributed by atoms with Crippen molar-refractivity contribution in [2.75, 3.05) is 19.1 Å². The maximum absolute atomic E-state index is 12.9. The highest BCUT2D eigenvalue weighted by Gasteiger charge is 2.21. The van der Waals surface area contributed by atoms with Gasteiger partial charge in [-0.1, -0.05) is 0 Å². The minimum absolute atomic E-state index is 0.00114. The van der Waals surface area contributed by atoms with Crippen LogP contribution in [0.1, 0.15) is 19.4 Å². The van der Waals surface area contributed by atoms with Crippen LogP contribution in [-0.2, 0) is 25.4 Å². The van der Waals surface area contributed by atoms with Gasteiger partial charge in [0.1, 0.15) is 0 Å². The highest BCUT2D eigenvalue weighted by molar-refractivity contribution is 5.81. The molecule has 0 saturated heterocycles. The van der Waals surface area contributed by atoms with Gasteiger partial charge < -0.3 is 24.3 Å². The number of aromatic nitrogens is 4. The molecule has 2 aromatic heterocycles. The van der Waals surface area contributed by atoms with Gasteiger partial charge >= 0.3 is 5.69 Å². The first kappa shape index (κ1) is 24.0. The van der Waals surface area contributed by atoms with Crippen molar-refractivity contribution in [1.29, 1.82) is 0 Å². The number of nitrogens with one attached hydrogen (secondary N) is 1. The molecule has 0 saturated carbocycles. The van der Waals surface area contributed by atoms with E-state index in [4.69, 9.17) is 9.47 Å². The monoisotopic (exact) mass is 460 g/mol. The molecule has 33 heavy (non-hydrogen) atoms. The average Bonchev–Trinajstić information content (AvgIpc) is 3.14. The van der Waals surface area contributed by atoms with Gasteiger partial charge in [-0.3, -0.25) is 13.9 Å². The largest absolute Gasteiger partial charge is 0.504 e. The lowest BCUT2D eigenvalue weighted by Gasteiger charge is -2.16. The minimum atomic E-state index is -0.933. The maximum atomic E-state index is 12.9. The number of nitrogens with zero attached hydrogens (tertiary/aromatic N) is 5. The molecule has 178 valence electrons. The Kier molecular flexibility index (Phi) is 7.19. The molecule has 0 spiro atoms. The molecule has 3 rings (SSSR count). The van der Waals surface area contributed by atoms with Gasteiger partial charge in [-0.2, -0.15) is 10.1 Å². The van der Waals surface area contributed by atoms with Gasteiger partial charge in [-0.15, -0.1) is 0 Å². The van der Waals surface area contributed by atoms with E-state index in [9.17, 15) is 19.8 Å². The van der Waals surface area contributed by atoms with Crippen LogP contribution in [0.25, 0.3) is 11.2 Å². The summed E-state index contributed by atoms with van der Waals surface area (Å²) < 4.78 is 14.3. The molecule has 3 aromatic rings. The molecule has 12 heteroatoms. The number of anilines is 1. The minimum Gasteiger partial charge on any atom is -0.504 e. The Labute approximate surface area is 189 Å². The molecule has 0 radical (unpaired) electrons. The van der Waals surface area contributed by atoms with Crippen LogP contribution in [0.2, 0.25) is 0 Å². The summed E-state index contributed by atoms with van der Waals surface area (Å²) in [6.07, 6.45) is 0.469. The lowest BCUT2D eigenvalue weighted by Crippen LogP contribution is -2.38. The molecule has 2 heterocycles. The van der Waals surface area contributed by atoms with E-state index in [1.807, 2.05) is 13.8 Å². The van der Waals surface area contributed by atoms with Crippen molar-refractivity contribution in [1.82, 2.24) is 18.7 Å². The molecule has 0 aliphatic rings. The fourth-order valence-electron chi connectivity index (χ4n) is 3.22. The summed E-state index contributed by atoms with van der Waals surface area (Å²) in [6, 6.07) is 4.70. The van der Waals surface area contributed by atoms with Gasteiger partial charge in [-0.05, 0) is 37.6 Å².